The maximum Gasteiger partial charge on any atom is 0.348 e. The second-order valence-corrected chi connectivity index (χ2v) is 7.00. The highest BCUT2D eigenvalue weighted by Gasteiger charge is 2.48. The molecule has 2 unspecified atom stereocenters. The maximum atomic E-state index is 12.8. The highest BCUT2D eigenvalue weighted by atomic mass is 31.2. The predicted molar refractivity (Wildman–Crippen MR) is 67.0 cm³/mol. The first-order valence-corrected chi connectivity index (χ1v) is 7.73. The van der Waals surface area contributed by atoms with E-state index in [2.05, 4.69) is 5.32 Å². The highest BCUT2D eigenvalue weighted by Crippen LogP contribution is 2.58. The van der Waals surface area contributed by atoms with Gasteiger partial charge in [0.25, 0.3) is 0 Å². The van der Waals surface area contributed by atoms with Gasteiger partial charge in [-0.15, -0.1) is 0 Å². The first-order valence-electron chi connectivity index (χ1n) is 6.12. The van der Waals surface area contributed by atoms with Crippen molar-refractivity contribution in [2.24, 2.45) is 5.41 Å². The molecule has 17 heavy (non-hydrogen) atoms. The van der Waals surface area contributed by atoms with Crippen LogP contribution < -0.4 is 5.32 Å². The van der Waals surface area contributed by atoms with Gasteiger partial charge in [0.05, 0.1) is 19.8 Å². The summed E-state index contributed by atoms with van der Waals surface area (Å²) in [6.45, 7) is 10.8. The quantitative estimate of drug-likeness (QED) is 0.774. The summed E-state index contributed by atoms with van der Waals surface area (Å²) in [6, 6.07) is 0. The van der Waals surface area contributed by atoms with E-state index >= 15 is 0 Å². The Morgan fingerprint density at radius 2 is 1.88 bits per heavy atom. The molecular formula is C11H24NO4P. The summed E-state index contributed by atoms with van der Waals surface area (Å²) in [6.07, 6.45) is -0.137. The summed E-state index contributed by atoms with van der Waals surface area (Å²) in [5.41, 5.74) is -0.285. The van der Waals surface area contributed by atoms with E-state index in [0.717, 1.165) is 0 Å². The van der Waals surface area contributed by atoms with Gasteiger partial charge < -0.3 is 13.8 Å². The topological polar surface area (TPSA) is 56.8 Å². The van der Waals surface area contributed by atoms with E-state index < -0.39 is 7.60 Å². The number of ether oxygens (including phenoxy) is 1. The van der Waals surface area contributed by atoms with Gasteiger partial charge >= 0.3 is 7.60 Å². The molecule has 0 spiro atoms. The van der Waals surface area contributed by atoms with Crippen LogP contribution in [0.1, 0.15) is 34.6 Å². The lowest BCUT2D eigenvalue weighted by Crippen LogP contribution is -2.54. The van der Waals surface area contributed by atoms with Crippen molar-refractivity contribution < 1.29 is 18.3 Å². The zero-order valence-corrected chi connectivity index (χ0v) is 12.3. The monoisotopic (exact) mass is 265 g/mol. The van der Waals surface area contributed by atoms with E-state index in [4.69, 9.17) is 13.8 Å². The summed E-state index contributed by atoms with van der Waals surface area (Å²) in [7, 11) is -3.14. The van der Waals surface area contributed by atoms with Gasteiger partial charge in [0.1, 0.15) is 12.0 Å². The minimum Gasteiger partial charge on any atom is -0.363 e. The third-order valence-corrected chi connectivity index (χ3v) is 5.49. The minimum absolute atomic E-state index is 0.137. The van der Waals surface area contributed by atoms with Gasteiger partial charge in [0.2, 0.25) is 0 Å². The van der Waals surface area contributed by atoms with Crippen LogP contribution in [0.15, 0.2) is 0 Å². The van der Waals surface area contributed by atoms with Crippen LogP contribution in [0.4, 0.5) is 0 Å². The van der Waals surface area contributed by atoms with Gasteiger partial charge in [-0.1, -0.05) is 13.8 Å². The van der Waals surface area contributed by atoms with Crippen LogP contribution >= 0.6 is 7.60 Å². The Hall–Kier alpha value is 0.0700. The predicted octanol–water partition coefficient (Wildman–Crippen LogP) is 2.57. The largest absolute Gasteiger partial charge is 0.363 e. The Kier molecular flexibility index (Phi) is 5.17. The smallest absolute Gasteiger partial charge is 0.348 e. The third-order valence-electron chi connectivity index (χ3n) is 2.77. The van der Waals surface area contributed by atoms with Crippen LogP contribution in [0.3, 0.4) is 0 Å². The number of hydrogen-bond donors (Lipinski definition) is 1. The number of nitrogens with one attached hydrogen (secondary N) is 1. The zero-order chi connectivity index (χ0) is 13.1. The lowest BCUT2D eigenvalue weighted by atomic mass is 9.93. The molecule has 0 saturated carbocycles. The van der Waals surface area contributed by atoms with E-state index in [1.807, 2.05) is 34.6 Å². The normalized spacial score (nSPS) is 29.2. The molecule has 0 aromatic heterocycles. The molecule has 1 heterocycles. The zero-order valence-electron chi connectivity index (χ0n) is 11.4. The standard InChI is InChI=1S/C11H24NO4P/c1-6-15-17(13,16-7-2)10-11(4,5)8-14-9(3)12-10/h9-10,12H,6-8H2,1-5H3. The second-order valence-electron chi connectivity index (χ2n) is 4.89. The van der Waals surface area contributed by atoms with E-state index in [1.54, 1.807) is 0 Å². The van der Waals surface area contributed by atoms with E-state index in [0.29, 0.717) is 19.8 Å². The Morgan fingerprint density at radius 1 is 1.35 bits per heavy atom. The number of rotatable bonds is 5. The molecule has 102 valence electrons. The summed E-state index contributed by atoms with van der Waals surface area (Å²) < 4.78 is 29.1. The molecule has 0 aromatic rings. The molecule has 0 amide bonds. The van der Waals surface area contributed by atoms with Crippen LogP contribution in [0.25, 0.3) is 0 Å². The van der Waals surface area contributed by atoms with Crippen LogP contribution in [-0.4, -0.2) is 31.8 Å². The molecule has 0 bridgehead atoms. The molecule has 2 atom stereocenters. The molecule has 1 rings (SSSR count). The van der Waals surface area contributed by atoms with E-state index in [1.165, 1.54) is 0 Å². The summed E-state index contributed by atoms with van der Waals surface area (Å²) in [5, 5.41) is 3.18. The van der Waals surface area contributed by atoms with Crippen molar-refractivity contribution in [1.82, 2.24) is 5.32 Å². The molecule has 5 nitrogen and oxygen atoms in total. The molecule has 0 aliphatic carbocycles. The van der Waals surface area contributed by atoms with Gasteiger partial charge in [-0.3, -0.25) is 9.88 Å². The SMILES string of the molecule is CCOP(=O)(OCC)C1NC(C)OCC1(C)C. The molecule has 1 aliphatic rings. The average molecular weight is 265 g/mol. The Labute approximate surface area is 104 Å². The molecule has 0 aromatic carbocycles. The second kappa shape index (κ2) is 5.81. The highest BCUT2D eigenvalue weighted by molar-refractivity contribution is 7.54. The van der Waals surface area contributed by atoms with Gasteiger partial charge in [0, 0.05) is 5.41 Å². The van der Waals surface area contributed by atoms with Gasteiger partial charge in [-0.05, 0) is 20.8 Å². The lowest BCUT2D eigenvalue weighted by molar-refractivity contribution is -0.0639. The fourth-order valence-electron chi connectivity index (χ4n) is 1.98. The van der Waals surface area contributed by atoms with Crippen LogP contribution in [0.2, 0.25) is 0 Å². The van der Waals surface area contributed by atoms with Gasteiger partial charge in [0.15, 0.2) is 0 Å². The van der Waals surface area contributed by atoms with E-state index in [9.17, 15) is 4.57 Å². The molecule has 1 fully saturated rings. The van der Waals surface area contributed by atoms with Crippen LogP contribution in [0.5, 0.6) is 0 Å². The fraction of sp³-hybridized carbons (Fsp3) is 1.00. The van der Waals surface area contributed by atoms with Gasteiger partial charge in [-0.2, -0.15) is 0 Å². The first-order chi connectivity index (χ1) is 7.85. The number of hydrogen-bond acceptors (Lipinski definition) is 5. The Bertz CT molecular complexity index is 285. The summed E-state index contributed by atoms with van der Waals surface area (Å²) in [5.74, 6) is -0.335. The average Bonchev–Trinajstić information content (AvgIpc) is 2.22. The molecular weight excluding hydrogens is 241 g/mol. The van der Waals surface area contributed by atoms with Crippen molar-refractivity contribution in [3.05, 3.63) is 0 Å². The van der Waals surface area contributed by atoms with Crippen molar-refractivity contribution in [2.45, 2.75) is 46.6 Å². The fourth-order valence-corrected chi connectivity index (χ4v) is 4.40. The minimum atomic E-state index is -3.14. The molecule has 1 saturated heterocycles. The van der Waals surface area contributed by atoms with Crippen molar-refractivity contribution in [3.63, 3.8) is 0 Å². The molecule has 1 aliphatic heterocycles. The van der Waals surface area contributed by atoms with Crippen molar-refractivity contribution in [2.75, 3.05) is 19.8 Å². The van der Waals surface area contributed by atoms with Crippen LogP contribution in [-0.2, 0) is 18.3 Å². The van der Waals surface area contributed by atoms with Crippen molar-refractivity contribution in [1.29, 1.82) is 0 Å². The Morgan fingerprint density at radius 3 is 2.35 bits per heavy atom. The third kappa shape index (κ3) is 3.52. The Balaban J connectivity index is 2.94. The maximum absolute atomic E-state index is 12.8. The molecule has 0 radical (unpaired) electrons. The lowest BCUT2D eigenvalue weighted by Gasteiger charge is -2.44. The summed E-state index contributed by atoms with van der Waals surface area (Å²) >= 11 is 0. The van der Waals surface area contributed by atoms with E-state index in [-0.39, 0.29) is 17.4 Å². The van der Waals surface area contributed by atoms with Crippen molar-refractivity contribution in [3.8, 4) is 0 Å². The summed E-state index contributed by atoms with van der Waals surface area (Å²) in [4.78, 5) is 0. The van der Waals surface area contributed by atoms with Gasteiger partial charge in [-0.25, -0.2) is 0 Å². The van der Waals surface area contributed by atoms with Crippen LogP contribution in [0, 0.1) is 5.41 Å². The van der Waals surface area contributed by atoms with Crippen molar-refractivity contribution >= 4 is 7.60 Å². The molecule has 6 heteroatoms. The first kappa shape index (κ1) is 15.1. The molecule has 1 N–H and O–H groups in total.